The molecule has 0 radical (unpaired) electrons. The van der Waals surface area contributed by atoms with Crippen molar-refractivity contribution >= 4 is 15.5 Å². The second-order valence-electron chi connectivity index (χ2n) is 5.52. The zero-order valence-electron chi connectivity index (χ0n) is 11.8. The lowest BCUT2D eigenvalue weighted by atomic mass is 9.93. The van der Waals surface area contributed by atoms with E-state index in [0.717, 1.165) is 5.69 Å². The fraction of sp³-hybridized carbons (Fsp3) is 0.538. The highest BCUT2D eigenvalue weighted by atomic mass is 32.2. The molecule has 0 aliphatic carbocycles. The van der Waals surface area contributed by atoms with Crippen molar-refractivity contribution in [1.29, 1.82) is 0 Å². The predicted octanol–water partition coefficient (Wildman–Crippen LogP) is 2.10. The van der Waals surface area contributed by atoms with Gasteiger partial charge in [-0.2, -0.15) is 8.78 Å². The minimum atomic E-state index is -4.53. The average Bonchev–Trinajstić information content (AvgIpc) is 2.38. The number of hydrogen-bond donors (Lipinski definition) is 1. The molecule has 1 aromatic carbocycles. The molecule has 0 amide bonds. The summed E-state index contributed by atoms with van der Waals surface area (Å²) in [4.78, 5) is 1.54. The molecule has 0 spiro atoms. The van der Waals surface area contributed by atoms with Gasteiger partial charge in [0.25, 0.3) is 0 Å². The summed E-state index contributed by atoms with van der Waals surface area (Å²) in [6.07, 6.45) is 0. The molecule has 0 saturated carbocycles. The zero-order valence-corrected chi connectivity index (χ0v) is 12.6. The SMILES string of the molecule is CN(CC(C)(C)CN)c1ccc(S(=O)(=O)C(F)F)cc1. The molecule has 7 heteroatoms. The van der Waals surface area contributed by atoms with Crippen LogP contribution in [-0.2, 0) is 9.84 Å². The lowest BCUT2D eigenvalue weighted by Gasteiger charge is -2.30. The van der Waals surface area contributed by atoms with Gasteiger partial charge in [-0.1, -0.05) is 13.8 Å². The van der Waals surface area contributed by atoms with Gasteiger partial charge in [0.2, 0.25) is 9.84 Å². The average molecular weight is 306 g/mol. The largest absolute Gasteiger partial charge is 0.374 e. The van der Waals surface area contributed by atoms with E-state index in [1.165, 1.54) is 24.3 Å². The number of benzene rings is 1. The molecule has 0 unspecified atom stereocenters. The minimum absolute atomic E-state index is 0.0948. The molecule has 0 aromatic heterocycles. The molecule has 0 fully saturated rings. The van der Waals surface area contributed by atoms with Crippen LogP contribution in [0.3, 0.4) is 0 Å². The van der Waals surface area contributed by atoms with Crippen molar-refractivity contribution in [3.8, 4) is 0 Å². The van der Waals surface area contributed by atoms with Gasteiger partial charge in [0.15, 0.2) is 0 Å². The molecule has 2 N–H and O–H groups in total. The van der Waals surface area contributed by atoms with Crippen LogP contribution in [0, 0.1) is 5.41 Å². The van der Waals surface area contributed by atoms with Crippen molar-refractivity contribution in [1.82, 2.24) is 0 Å². The van der Waals surface area contributed by atoms with E-state index in [4.69, 9.17) is 5.73 Å². The first-order valence-corrected chi connectivity index (χ1v) is 7.68. The molecular formula is C13H20F2N2O2S. The summed E-state index contributed by atoms with van der Waals surface area (Å²) in [5, 5.41) is 0. The molecule has 0 aliphatic heterocycles. The van der Waals surface area contributed by atoms with Gasteiger partial charge in [-0.3, -0.25) is 0 Å². The molecule has 4 nitrogen and oxygen atoms in total. The van der Waals surface area contributed by atoms with Gasteiger partial charge in [-0.25, -0.2) is 8.42 Å². The van der Waals surface area contributed by atoms with Crippen LogP contribution in [0.5, 0.6) is 0 Å². The van der Waals surface area contributed by atoms with E-state index in [9.17, 15) is 17.2 Å². The highest BCUT2D eigenvalue weighted by Gasteiger charge is 2.26. The van der Waals surface area contributed by atoms with Gasteiger partial charge < -0.3 is 10.6 Å². The second kappa shape index (κ2) is 6.05. The maximum atomic E-state index is 12.4. The normalized spacial score (nSPS) is 12.8. The lowest BCUT2D eigenvalue weighted by Crippen LogP contribution is -2.36. The topological polar surface area (TPSA) is 63.4 Å². The molecule has 0 aliphatic rings. The van der Waals surface area contributed by atoms with Crippen LogP contribution in [0.2, 0.25) is 0 Å². The fourth-order valence-corrected chi connectivity index (χ4v) is 2.51. The van der Waals surface area contributed by atoms with Crippen LogP contribution in [0.1, 0.15) is 13.8 Å². The van der Waals surface area contributed by atoms with Crippen molar-refractivity contribution in [2.24, 2.45) is 11.1 Å². The number of sulfone groups is 1. The van der Waals surface area contributed by atoms with Gasteiger partial charge in [-0.05, 0) is 36.2 Å². The first-order valence-electron chi connectivity index (χ1n) is 6.13. The van der Waals surface area contributed by atoms with Gasteiger partial charge in [0.05, 0.1) is 4.90 Å². The molecule has 0 saturated heterocycles. The van der Waals surface area contributed by atoms with Crippen molar-refractivity contribution in [3.63, 3.8) is 0 Å². The Labute approximate surface area is 118 Å². The Morgan fingerprint density at radius 2 is 1.75 bits per heavy atom. The Hall–Kier alpha value is -1.21. The van der Waals surface area contributed by atoms with Crippen LogP contribution in [0.15, 0.2) is 29.2 Å². The first kappa shape index (κ1) is 16.8. The second-order valence-corrected chi connectivity index (χ2v) is 7.44. The number of alkyl halides is 2. The highest BCUT2D eigenvalue weighted by molar-refractivity contribution is 7.91. The number of anilines is 1. The minimum Gasteiger partial charge on any atom is -0.374 e. The number of rotatable bonds is 6. The predicted molar refractivity (Wildman–Crippen MR) is 75.7 cm³/mol. The van der Waals surface area contributed by atoms with Crippen molar-refractivity contribution in [3.05, 3.63) is 24.3 Å². The van der Waals surface area contributed by atoms with Gasteiger partial charge in [0.1, 0.15) is 0 Å². The van der Waals surface area contributed by atoms with E-state index in [1.807, 2.05) is 25.8 Å². The van der Waals surface area contributed by atoms with E-state index in [-0.39, 0.29) is 10.3 Å². The highest BCUT2D eigenvalue weighted by Crippen LogP contribution is 2.24. The van der Waals surface area contributed by atoms with Gasteiger partial charge in [0, 0.05) is 19.3 Å². The van der Waals surface area contributed by atoms with Crippen LogP contribution in [0.25, 0.3) is 0 Å². The van der Waals surface area contributed by atoms with E-state index < -0.39 is 15.6 Å². The molecule has 0 atom stereocenters. The molecule has 114 valence electrons. The summed E-state index contributed by atoms with van der Waals surface area (Å²) in [5.74, 6) is -3.40. The third kappa shape index (κ3) is 3.89. The zero-order chi connectivity index (χ0) is 15.6. The molecule has 0 heterocycles. The van der Waals surface area contributed by atoms with E-state index in [0.29, 0.717) is 13.1 Å². The number of halogens is 2. The summed E-state index contributed by atoms with van der Waals surface area (Å²) in [7, 11) is -2.69. The Morgan fingerprint density at radius 3 is 2.15 bits per heavy atom. The summed E-state index contributed by atoms with van der Waals surface area (Å²) in [6, 6.07) is 5.43. The summed E-state index contributed by atoms with van der Waals surface area (Å²) in [6.45, 7) is 5.21. The third-order valence-electron chi connectivity index (χ3n) is 3.06. The van der Waals surface area contributed by atoms with Crippen LogP contribution in [-0.4, -0.2) is 34.3 Å². The Kier molecular flexibility index (Phi) is 5.10. The van der Waals surface area contributed by atoms with Crippen molar-refractivity contribution < 1.29 is 17.2 Å². The Morgan fingerprint density at radius 1 is 1.25 bits per heavy atom. The molecule has 0 bridgehead atoms. The molecule has 1 aromatic rings. The first-order chi connectivity index (χ1) is 9.10. The van der Waals surface area contributed by atoms with Crippen molar-refractivity contribution in [2.75, 3.05) is 25.0 Å². The summed E-state index contributed by atoms with van der Waals surface area (Å²) < 4.78 is 47.4. The van der Waals surface area contributed by atoms with Crippen LogP contribution >= 0.6 is 0 Å². The number of hydrogen-bond acceptors (Lipinski definition) is 4. The van der Waals surface area contributed by atoms with Gasteiger partial charge in [-0.15, -0.1) is 0 Å². The number of nitrogens with zero attached hydrogens (tertiary/aromatic N) is 1. The van der Waals surface area contributed by atoms with Crippen LogP contribution < -0.4 is 10.6 Å². The van der Waals surface area contributed by atoms with E-state index >= 15 is 0 Å². The van der Waals surface area contributed by atoms with E-state index in [2.05, 4.69) is 0 Å². The molecule has 1 rings (SSSR count). The lowest BCUT2D eigenvalue weighted by molar-refractivity contribution is 0.234. The maximum absolute atomic E-state index is 12.4. The van der Waals surface area contributed by atoms with Gasteiger partial charge >= 0.3 is 5.76 Å². The Balaban J connectivity index is 2.92. The third-order valence-corrected chi connectivity index (χ3v) is 4.46. The summed E-state index contributed by atoms with van der Waals surface area (Å²) in [5.41, 5.74) is 6.31. The Bertz CT molecular complexity index is 542. The smallest absolute Gasteiger partial charge is 0.341 e. The number of nitrogens with two attached hydrogens (primary N) is 1. The monoisotopic (exact) mass is 306 g/mol. The van der Waals surface area contributed by atoms with E-state index in [1.54, 1.807) is 0 Å². The standard InChI is InChI=1S/C13H20F2N2O2S/c1-13(2,8-16)9-17(3)10-4-6-11(7-5-10)20(18,19)12(14)15/h4-7,12H,8-9,16H2,1-3H3. The molecular weight excluding hydrogens is 286 g/mol. The summed E-state index contributed by atoms with van der Waals surface area (Å²) >= 11 is 0. The maximum Gasteiger partial charge on any atom is 0.341 e. The van der Waals surface area contributed by atoms with Crippen LogP contribution in [0.4, 0.5) is 14.5 Å². The fourth-order valence-electron chi connectivity index (χ4n) is 1.79. The quantitative estimate of drug-likeness (QED) is 0.874. The molecule has 20 heavy (non-hydrogen) atoms. The van der Waals surface area contributed by atoms with Crippen molar-refractivity contribution in [2.45, 2.75) is 24.5 Å².